The van der Waals surface area contributed by atoms with Crippen LogP contribution in [0.2, 0.25) is 5.02 Å². The summed E-state index contributed by atoms with van der Waals surface area (Å²) in [6, 6.07) is 14.6. The van der Waals surface area contributed by atoms with Crippen molar-refractivity contribution >= 4 is 34.4 Å². The van der Waals surface area contributed by atoms with E-state index in [-0.39, 0.29) is 16.8 Å². The van der Waals surface area contributed by atoms with Gasteiger partial charge in [0.25, 0.3) is 5.91 Å². The maximum atomic E-state index is 15.2. The lowest BCUT2D eigenvalue weighted by atomic mass is 10.0. The minimum atomic E-state index is -0.667. The van der Waals surface area contributed by atoms with Crippen LogP contribution in [0.25, 0.3) is 33.4 Å². The Morgan fingerprint density at radius 2 is 1.89 bits per heavy atom. The highest BCUT2D eigenvalue weighted by Gasteiger charge is 2.24. The number of ether oxygens (including phenoxy) is 1. The second-order valence-electron chi connectivity index (χ2n) is 8.34. The number of hydrogen-bond acceptors (Lipinski definition) is 5. The van der Waals surface area contributed by atoms with E-state index < -0.39 is 17.7 Å². The summed E-state index contributed by atoms with van der Waals surface area (Å²) in [5, 5.41) is 5.38. The van der Waals surface area contributed by atoms with Gasteiger partial charge in [-0.1, -0.05) is 29.8 Å². The van der Waals surface area contributed by atoms with Crippen molar-refractivity contribution < 1.29 is 18.7 Å². The molecule has 0 spiro atoms. The molecule has 0 bridgehead atoms. The van der Waals surface area contributed by atoms with Gasteiger partial charge >= 0.3 is 5.97 Å². The van der Waals surface area contributed by atoms with Gasteiger partial charge in [0, 0.05) is 29.8 Å². The van der Waals surface area contributed by atoms with Gasteiger partial charge in [-0.05, 0) is 48.9 Å². The number of imidazole rings is 1. The van der Waals surface area contributed by atoms with Crippen LogP contribution in [0, 0.1) is 12.7 Å². The Labute approximate surface area is 210 Å². The van der Waals surface area contributed by atoms with Gasteiger partial charge in [0.2, 0.25) is 0 Å². The van der Waals surface area contributed by atoms with Crippen LogP contribution in [0.4, 0.5) is 4.39 Å². The fourth-order valence-corrected chi connectivity index (χ4v) is 4.45. The van der Waals surface area contributed by atoms with E-state index >= 15 is 4.39 Å². The Morgan fingerprint density at radius 1 is 1.08 bits per heavy atom. The van der Waals surface area contributed by atoms with Gasteiger partial charge in [-0.2, -0.15) is 9.78 Å². The van der Waals surface area contributed by atoms with Crippen molar-refractivity contribution in [3.8, 4) is 22.5 Å². The Hall–Kier alpha value is -4.30. The molecule has 3 aromatic carbocycles. The number of nitrogens with zero attached hydrogens (tertiary/aromatic N) is 4. The molecule has 7 nitrogen and oxygen atoms in total. The summed E-state index contributed by atoms with van der Waals surface area (Å²) >= 11 is 6.39. The van der Waals surface area contributed by atoms with Crippen LogP contribution in [0.3, 0.4) is 0 Å². The lowest BCUT2D eigenvalue weighted by Gasteiger charge is -2.08. The van der Waals surface area contributed by atoms with Crippen molar-refractivity contribution in [2.75, 3.05) is 7.11 Å². The van der Waals surface area contributed by atoms with Crippen LogP contribution in [-0.2, 0) is 11.8 Å². The molecule has 180 valence electrons. The lowest BCUT2D eigenvalue weighted by molar-refractivity contribution is 0.0600. The number of halogens is 2. The second kappa shape index (κ2) is 9.05. The fourth-order valence-electron chi connectivity index (χ4n) is 4.15. The third-order valence-corrected chi connectivity index (χ3v) is 6.27. The van der Waals surface area contributed by atoms with Crippen molar-refractivity contribution in [3.05, 3.63) is 94.7 Å². The largest absolute Gasteiger partial charge is 0.465 e. The van der Waals surface area contributed by atoms with E-state index in [1.807, 2.05) is 23.9 Å². The molecule has 2 aromatic heterocycles. The average molecular weight is 503 g/mol. The van der Waals surface area contributed by atoms with Crippen LogP contribution < -0.4 is 0 Å². The number of carbonyl (C=O) groups is 2. The molecule has 0 atom stereocenters. The predicted octanol–water partition coefficient (Wildman–Crippen LogP) is 5.68. The van der Waals surface area contributed by atoms with Crippen LogP contribution in [0.1, 0.15) is 26.3 Å². The van der Waals surface area contributed by atoms with Crippen molar-refractivity contribution in [2.45, 2.75) is 6.92 Å². The molecule has 0 saturated carbocycles. The number of benzene rings is 3. The summed E-state index contributed by atoms with van der Waals surface area (Å²) < 4.78 is 22.9. The number of esters is 1. The van der Waals surface area contributed by atoms with Crippen molar-refractivity contribution in [3.63, 3.8) is 0 Å². The predicted molar refractivity (Wildman–Crippen MR) is 135 cm³/mol. The molecular formula is C27H20ClFN4O3. The number of carbonyl (C=O) groups excluding carboxylic acids is 2. The van der Waals surface area contributed by atoms with E-state index in [1.165, 1.54) is 23.9 Å². The number of rotatable bonds is 4. The Balaban J connectivity index is 1.75. The molecule has 0 radical (unpaired) electrons. The van der Waals surface area contributed by atoms with E-state index in [1.54, 1.807) is 43.6 Å². The molecule has 0 aliphatic carbocycles. The fraction of sp³-hybridized carbons (Fsp3) is 0.111. The summed E-state index contributed by atoms with van der Waals surface area (Å²) in [6.45, 7) is 1.79. The summed E-state index contributed by atoms with van der Waals surface area (Å²) in [5.74, 6) is -1.76. The number of methoxy groups -OCH3 is 1. The molecule has 5 aromatic rings. The minimum absolute atomic E-state index is 0.0719. The maximum absolute atomic E-state index is 15.2. The number of aryl methyl sites for hydroxylation is 2. The van der Waals surface area contributed by atoms with Gasteiger partial charge in [0.05, 0.1) is 40.8 Å². The quantitative estimate of drug-likeness (QED) is 0.295. The minimum Gasteiger partial charge on any atom is -0.465 e. The summed E-state index contributed by atoms with van der Waals surface area (Å²) in [5.41, 5.74) is 3.40. The van der Waals surface area contributed by atoms with Crippen LogP contribution >= 0.6 is 11.6 Å². The normalized spacial score (nSPS) is 11.1. The SMILES string of the molecule is COC(=O)c1ccc(-c2nn(C(=O)c3c(C)cccc3Cl)c3cc(-c4cn(C)cn4)ccc23)c(F)c1. The highest BCUT2D eigenvalue weighted by atomic mass is 35.5. The smallest absolute Gasteiger partial charge is 0.337 e. The Bertz CT molecular complexity index is 1650. The highest BCUT2D eigenvalue weighted by Crippen LogP contribution is 2.34. The average Bonchev–Trinajstić information content (AvgIpc) is 3.46. The second-order valence-corrected chi connectivity index (χ2v) is 8.75. The molecule has 0 unspecified atom stereocenters. The number of hydrogen-bond donors (Lipinski definition) is 0. The Morgan fingerprint density at radius 3 is 2.56 bits per heavy atom. The third kappa shape index (κ3) is 3.95. The van der Waals surface area contributed by atoms with E-state index in [4.69, 9.17) is 11.6 Å². The summed E-state index contributed by atoms with van der Waals surface area (Å²) in [6.07, 6.45) is 3.53. The number of aromatic nitrogens is 4. The maximum Gasteiger partial charge on any atom is 0.337 e. The molecule has 0 aliphatic rings. The number of fused-ring (bicyclic) bond motifs is 1. The van der Waals surface area contributed by atoms with Crippen molar-refractivity contribution in [2.24, 2.45) is 7.05 Å². The van der Waals surface area contributed by atoms with E-state index in [2.05, 4.69) is 14.8 Å². The molecule has 9 heteroatoms. The molecule has 5 rings (SSSR count). The van der Waals surface area contributed by atoms with Crippen LogP contribution in [-0.4, -0.2) is 38.3 Å². The zero-order valence-electron chi connectivity index (χ0n) is 19.6. The van der Waals surface area contributed by atoms with E-state index in [0.29, 0.717) is 32.7 Å². The van der Waals surface area contributed by atoms with E-state index in [0.717, 1.165) is 11.6 Å². The van der Waals surface area contributed by atoms with Crippen LogP contribution in [0.5, 0.6) is 0 Å². The van der Waals surface area contributed by atoms with Gasteiger partial charge in [0.15, 0.2) is 0 Å². The molecule has 2 heterocycles. The van der Waals surface area contributed by atoms with Gasteiger partial charge < -0.3 is 9.30 Å². The first-order valence-electron chi connectivity index (χ1n) is 11.0. The summed E-state index contributed by atoms with van der Waals surface area (Å²) in [4.78, 5) is 29.9. The van der Waals surface area contributed by atoms with Crippen molar-refractivity contribution in [1.29, 1.82) is 0 Å². The monoisotopic (exact) mass is 502 g/mol. The van der Waals surface area contributed by atoms with Gasteiger partial charge in [-0.15, -0.1) is 0 Å². The molecule has 0 amide bonds. The molecular weight excluding hydrogens is 483 g/mol. The lowest BCUT2D eigenvalue weighted by Crippen LogP contribution is -2.15. The van der Waals surface area contributed by atoms with Gasteiger partial charge in [0.1, 0.15) is 11.5 Å². The third-order valence-electron chi connectivity index (χ3n) is 5.96. The highest BCUT2D eigenvalue weighted by molar-refractivity contribution is 6.34. The van der Waals surface area contributed by atoms with Gasteiger partial charge in [-0.25, -0.2) is 14.2 Å². The first-order valence-corrected chi connectivity index (χ1v) is 11.4. The van der Waals surface area contributed by atoms with Crippen molar-refractivity contribution in [1.82, 2.24) is 19.3 Å². The zero-order valence-corrected chi connectivity index (χ0v) is 20.4. The zero-order chi connectivity index (χ0) is 25.6. The first kappa shape index (κ1) is 23.4. The summed E-state index contributed by atoms with van der Waals surface area (Å²) in [7, 11) is 3.09. The first-order chi connectivity index (χ1) is 17.3. The molecule has 0 aliphatic heterocycles. The molecule has 36 heavy (non-hydrogen) atoms. The van der Waals surface area contributed by atoms with Gasteiger partial charge in [-0.3, -0.25) is 4.79 Å². The molecule has 0 fully saturated rings. The molecule has 0 N–H and O–H groups in total. The van der Waals surface area contributed by atoms with E-state index in [9.17, 15) is 9.59 Å². The molecule has 0 saturated heterocycles. The standard InChI is InChI=1S/C27H20ClFN4O3/c1-15-5-4-6-20(28)24(15)26(34)33-23-12-16(22-13-32(2)14-30-22)7-10-19(23)25(31-33)18-9-8-17(11-21(18)29)27(35)36-3/h4-14H,1-3H3. The van der Waals surface area contributed by atoms with Crippen LogP contribution in [0.15, 0.2) is 67.1 Å². The Kier molecular flexibility index (Phi) is 5.89. The topological polar surface area (TPSA) is 79.0 Å².